The van der Waals surface area contributed by atoms with Crippen molar-refractivity contribution in [1.29, 1.82) is 0 Å². The fourth-order valence-electron chi connectivity index (χ4n) is 1.66. The molecule has 0 aromatic rings. The molecule has 0 N–H and O–H groups in total. The number of nitrogens with zero attached hydrogens (tertiary/aromatic N) is 1. The second-order valence-corrected chi connectivity index (χ2v) is 2.99. The minimum atomic E-state index is 0.113. The molecule has 0 aromatic carbocycles. The summed E-state index contributed by atoms with van der Waals surface area (Å²) in [5.41, 5.74) is 0. The van der Waals surface area contributed by atoms with Gasteiger partial charge in [-0.3, -0.25) is 4.79 Å². The third kappa shape index (κ3) is 0.736. The van der Waals surface area contributed by atoms with Crippen LogP contribution in [0.1, 0.15) is 19.8 Å². The van der Waals surface area contributed by atoms with E-state index in [4.69, 9.17) is 4.74 Å². The Balaban J connectivity index is 2.12. The lowest BCUT2D eigenvalue weighted by atomic mass is 10.3. The highest BCUT2D eigenvalue weighted by Crippen LogP contribution is 2.26. The van der Waals surface area contributed by atoms with Gasteiger partial charge in [0.15, 0.2) is 0 Å². The molecule has 2 atom stereocenters. The molecule has 2 heterocycles. The van der Waals surface area contributed by atoms with Crippen LogP contribution >= 0.6 is 0 Å². The van der Waals surface area contributed by atoms with Gasteiger partial charge in [0.2, 0.25) is 5.91 Å². The Hall–Kier alpha value is -0.570. The summed E-state index contributed by atoms with van der Waals surface area (Å²) in [7, 11) is 0. The first kappa shape index (κ1) is 6.16. The summed E-state index contributed by atoms with van der Waals surface area (Å²) in [5.74, 6) is 0.259. The number of fused-ring (bicyclic) bond motifs is 1. The van der Waals surface area contributed by atoms with Crippen LogP contribution in [0.15, 0.2) is 0 Å². The van der Waals surface area contributed by atoms with Gasteiger partial charge in [-0.25, -0.2) is 0 Å². The molecule has 2 aliphatic heterocycles. The van der Waals surface area contributed by atoms with E-state index in [-0.39, 0.29) is 18.2 Å². The van der Waals surface area contributed by atoms with E-state index in [9.17, 15) is 4.79 Å². The van der Waals surface area contributed by atoms with Crippen molar-refractivity contribution in [3.63, 3.8) is 0 Å². The fraction of sp³-hybridized carbons (Fsp3) is 0.857. The van der Waals surface area contributed by atoms with E-state index in [2.05, 4.69) is 0 Å². The predicted octanol–water partition coefficient (Wildman–Crippen LogP) is 0.354. The van der Waals surface area contributed by atoms with Crippen LogP contribution in [0.25, 0.3) is 0 Å². The Morgan fingerprint density at radius 3 is 3.20 bits per heavy atom. The van der Waals surface area contributed by atoms with E-state index in [1.165, 1.54) is 0 Å². The molecule has 2 saturated heterocycles. The first-order valence-corrected chi connectivity index (χ1v) is 3.72. The molecule has 0 saturated carbocycles. The van der Waals surface area contributed by atoms with Crippen LogP contribution in [0.3, 0.4) is 0 Å². The van der Waals surface area contributed by atoms with Gasteiger partial charge in [0, 0.05) is 19.4 Å². The first-order valence-electron chi connectivity index (χ1n) is 3.72. The number of amides is 1. The minimum Gasteiger partial charge on any atom is -0.354 e. The molecular weight excluding hydrogens is 130 g/mol. The van der Waals surface area contributed by atoms with Gasteiger partial charge in [-0.05, 0) is 6.92 Å². The van der Waals surface area contributed by atoms with E-state index in [1.54, 1.807) is 0 Å². The van der Waals surface area contributed by atoms with Crippen LogP contribution in [0.4, 0.5) is 0 Å². The number of carbonyl (C=O) groups excluding carboxylic acids is 1. The zero-order valence-corrected chi connectivity index (χ0v) is 6.04. The molecule has 2 fully saturated rings. The molecule has 3 heteroatoms. The average Bonchev–Trinajstić information content (AvgIpc) is 2.35. The summed E-state index contributed by atoms with van der Waals surface area (Å²) < 4.78 is 5.46. The number of hydrogen-bond donors (Lipinski definition) is 0. The molecule has 0 aromatic heterocycles. The van der Waals surface area contributed by atoms with E-state index in [0.717, 1.165) is 13.0 Å². The van der Waals surface area contributed by atoms with Gasteiger partial charge in [0.05, 0.1) is 6.10 Å². The van der Waals surface area contributed by atoms with Gasteiger partial charge < -0.3 is 9.64 Å². The highest BCUT2D eigenvalue weighted by Gasteiger charge is 2.38. The van der Waals surface area contributed by atoms with Crippen molar-refractivity contribution in [3.05, 3.63) is 0 Å². The van der Waals surface area contributed by atoms with Crippen molar-refractivity contribution in [2.24, 2.45) is 0 Å². The summed E-state index contributed by atoms with van der Waals surface area (Å²) >= 11 is 0. The number of ether oxygens (including phenoxy) is 1. The van der Waals surface area contributed by atoms with Crippen LogP contribution in [0.5, 0.6) is 0 Å². The quantitative estimate of drug-likeness (QED) is 0.487. The van der Waals surface area contributed by atoms with Crippen LogP contribution in [-0.4, -0.2) is 29.7 Å². The average molecular weight is 141 g/mol. The maximum Gasteiger partial charge on any atom is 0.224 e. The summed E-state index contributed by atoms with van der Waals surface area (Å²) in [6.45, 7) is 2.80. The molecule has 10 heavy (non-hydrogen) atoms. The second kappa shape index (κ2) is 1.95. The van der Waals surface area contributed by atoms with Crippen molar-refractivity contribution < 1.29 is 9.53 Å². The van der Waals surface area contributed by atoms with Gasteiger partial charge in [0.25, 0.3) is 0 Å². The first-order chi connectivity index (χ1) is 4.77. The van der Waals surface area contributed by atoms with Crippen LogP contribution in [0.2, 0.25) is 0 Å². The zero-order valence-electron chi connectivity index (χ0n) is 6.04. The predicted molar refractivity (Wildman–Crippen MR) is 35.3 cm³/mol. The number of rotatable bonds is 0. The van der Waals surface area contributed by atoms with Crippen molar-refractivity contribution in [1.82, 2.24) is 4.90 Å². The third-order valence-corrected chi connectivity index (χ3v) is 2.12. The van der Waals surface area contributed by atoms with Crippen molar-refractivity contribution in [2.75, 3.05) is 6.54 Å². The molecule has 0 aliphatic carbocycles. The van der Waals surface area contributed by atoms with Crippen molar-refractivity contribution in [2.45, 2.75) is 32.1 Å². The molecule has 2 rings (SSSR count). The Kier molecular flexibility index (Phi) is 1.20. The number of hydrogen-bond acceptors (Lipinski definition) is 2. The fourth-order valence-corrected chi connectivity index (χ4v) is 1.66. The molecule has 2 unspecified atom stereocenters. The van der Waals surface area contributed by atoms with Gasteiger partial charge in [-0.2, -0.15) is 0 Å². The zero-order chi connectivity index (χ0) is 7.14. The van der Waals surface area contributed by atoms with Crippen molar-refractivity contribution in [3.8, 4) is 0 Å². The van der Waals surface area contributed by atoms with Gasteiger partial charge in [0.1, 0.15) is 6.23 Å². The molecule has 1 amide bonds. The Morgan fingerprint density at radius 1 is 1.70 bits per heavy atom. The monoisotopic (exact) mass is 141 g/mol. The molecule has 3 nitrogen and oxygen atoms in total. The minimum absolute atomic E-state index is 0.113. The lowest BCUT2D eigenvalue weighted by Crippen LogP contribution is -2.27. The Bertz CT molecular complexity index is 169. The highest BCUT2D eigenvalue weighted by atomic mass is 16.5. The van der Waals surface area contributed by atoms with E-state index < -0.39 is 0 Å². The molecule has 0 radical (unpaired) electrons. The molecular formula is C7H11NO2. The molecule has 56 valence electrons. The third-order valence-electron chi connectivity index (χ3n) is 2.12. The summed E-state index contributed by atoms with van der Waals surface area (Å²) in [6.07, 6.45) is 1.93. The van der Waals surface area contributed by atoms with Gasteiger partial charge in [-0.1, -0.05) is 0 Å². The summed E-state index contributed by atoms with van der Waals surface area (Å²) in [6, 6.07) is 0. The normalized spacial score (nSPS) is 38.9. The lowest BCUT2D eigenvalue weighted by molar-refractivity contribution is -0.129. The highest BCUT2D eigenvalue weighted by molar-refractivity contribution is 5.78. The smallest absolute Gasteiger partial charge is 0.224 e. The van der Waals surface area contributed by atoms with Crippen LogP contribution < -0.4 is 0 Å². The van der Waals surface area contributed by atoms with Gasteiger partial charge >= 0.3 is 0 Å². The maximum absolute atomic E-state index is 11.0. The summed E-state index contributed by atoms with van der Waals surface area (Å²) in [4.78, 5) is 12.9. The summed E-state index contributed by atoms with van der Waals surface area (Å²) in [5, 5.41) is 0. The molecule has 2 aliphatic rings. The Labute approximate surface area is 60.0 Å². The molecule has 0 spiro atoms. The van der Waals surface area contributed by atoms with E-state index >= 15 is 0 Å². The largest absolute Gasteiger partial charge is 0.354 e. The van der Waals surface area contributed by atoms with Crippen LogP contribution in [0, 0.1) is 0 Å². The molecule has 0 bridgehead atoms. The van der Waals surface area contributed by atoms with E-state index in [0.29, 0.717) is 6.42 Å². The topological polar surface area (TPSA) is 29.5 Å². The Morgan fingerprint density at radius 2 is 2.50 bits per heavy atom. The van der Waals surface area contributed by atoms with Crippen LogP contribution in [-0.2, 0) is 9.53 Å². The van der Waals surface area contributed by atoms with Crippen molar-refractivity contribution >= 4 is 5.91 Å². The second-order valence-electron chi connectivity index (χ2n) is 2.99. The standard InChI is InChI=1S/C7H11NO2/c1-5-4-8-6(9)2-3-7(8)10-5/h5,7H,2-4H2,1H3. The maximum atomic E-state index is 11.0. The van der Waals surface area contributed by atoms with E-state index in [1.807, 2.05) is 11.8 Å². The number of carbonyl (C=O) groups is 1. The SMILES string of the molecule is CC1CN2C(=O)CCC2O1. The lowest BCUT2D eigenvalue weighted by Gasteiger charge is -2.11. The van der Waals surface area contributed by atoms with Gasteiger partial charge in [-0.15, -0.1) is 0 Å².